The predicted octanol–water partition coefficient (Wildman–Crippen LogP) is 2.55. The van der Waals surface area contributed by atoms with Gasteiger partial charge < -0.3 is 1.43 Å². The number of fused-ring (bicyclic) bond motifs is 1. The first-order valence-electron chi connectivity index (χ1n) is 6.74. The van der Waals surface area contributed by atoms with Crippen LogP contribution in [0, 0.1) is 0 Å². The van der Waals surface area contributed by atoms with E-state index in [1.165, 1.54) is 21.9 Å². The van der Waals surface area contributed by atoms with Gasteiger partial charge in [-0.3, -0.25) is 0 Å². The standard InChI is InChI=1S/C18H24.Li.H/c1-17(2,3)15-12-11-13-9-7-8-10-14(13)16(15)18(4,5)6;;/h7-12H,1-6H3;;/q;+1;-1. The largest absolute Gasteiger partial charge is 1.00 e. The topological polar surface area (TPSA) is 0 Å². The first-order chi connectivity index (χ1) is 8.21. The fraction of sp³-hybridized carbons (Fsp3) is 0.444. The molecule has 0 N–H and O–H groups in total. The number of rotatable bonds is 0. The van der Waals surface area contributed by atoms with Crippen molar-refractivity contribution in [2.75, 3.05) is 0 Å². The minimum absolute atomic E-state index is 0. The van der Waals surface area contributed by atoms with Gasteiger partial charge in [0.1, 0.15) is 0 Å². The Bertz CT molecular complexity index is 574. The van der Waals surface area contributed by atoms with Gasteiger partial charge in [-0.25, -0.2) is 0 Å². The van der Waals surface area contributed by atoms with E-state index in [0.29, 0.717) is 0 Å². The van der Waals surface area contributed by atoms with Crippen molar-refractivity contribution in [3.05, 3.63) is 47.5 Å². The first kappa shape index (κ1) is 16.4. The van der Waals surface area contributed by atoms with Gasteiger partial charge in [0.15, 0.2) is 0 Å². The molecule has 0 unspecified atom stereocenters. The van der Waals surface area contributed by atoms with Crippen LogP contribution in [-0.2, 0) is 10.8 Å². The fourth-order valence-corrected chi connectivity index (χ4v) is 2.70. The zero-order chi connectivity index (χ0) is 13.6. The molecule has 0 fully saturated rings. The van der Waals surface area contributed by atoms with Gasteiger partial charge in [0.25, 0.3) is 0 Å². The van der Waals surface area contributed by atoms with Crippen molar-refractivity contribution in [3.63, 3.8) is 0 Å². The molecule has 0 saturated heterocycles. The van der Waals surface area contributed by atoms with E-state index >= 15 is 0 Å². The minimum atomic E-state index is 0. The zero-order valence-corrected chi connectivity index (χ0v) is 13.5. The van der Waals surface area contributed by atoms with Crippen LogP contribution in [0.15, 0.2) is 36.4 Å². The molecule has 0 amide bonds. The van der Waals surface area contributed by atoms with Crippen LogP contribution in [0.5, 0.6) is 0 Å². The van der Waals surface area contributed by atoms with E-state index in [4.69, 9.17) is 0 Å². The summed E-state index contributed by atoms with van der Waals surface area (Å²) in [5.41, 5.74) is 3.32. The average molecular weight is 248 g/mol. The maximum absolute atomic E-state index is 2.31. The average Bonchev–Trinajstić information content (AvgIpc) is 2.24. The molecule has 0 nitrogen and oxygen atoms in total. The number of hydrogen-bond donors (Lipinski definition) is 0. The summed E-state index contributed by atoms with van der Waals surface area (Å²) < 4.78 is 0. The zero-order valence-electron chi connectivity index (χ0n) is 14.5. The molecule has 0 aliphatic rings. The van der Waals surface area contributed by atoms with Crippen LogP contribution in [0.4, 0.5) is 0 Å². The normalized spacial score (nSPS) is 12.3. The Morgan fingerprint density at radius 3 is 1.84 bits per heavy atom. The Balaban J connectivity index is 0.00000180. The molecule has 0 bridgehead atoms. The van der Waals surface area contributed by atoms with Crippen molar-refractivity contribution < 1.29 is 20.3 Å². The van der Waals surface area contributed by atoms with E-state index in [2.05, 4.69) is 77.9 Å². The van der Waals surface area contributed by atoms with Crippen molar-refractivity contribution in [1.29, 1.82) is 0 Å². The summed E-state index contributed by atoms with van der Waals surface area (Å²) in [6, 6.07) is 13.3. The number of benzene rings is 2. The van der Waals surface area contributed by atoms with Crippen LogP contribution in [0.25, 0.3) is 10.8 Å². The summed E-state index contributed by atoms with van der Waals surface area (Å²) in [5, 5.41) is 2.74. The van der Waals surface area contributed by atoms with E-state index in [1.54, 1.807) is 0 Å². The Kier molecular flexibility index (Phi) is 4.61. The second kappa shape index (κ2) is 5.35. The van der Waals surface area contributed by atoms with Crippen LogP contribution in [-0.4, -0.2) is 0 Å². The number of hydrogen-bond acceptors (Lipinski definition) is 0. The van der Waals surface area contributed by atoms with Gasteiger partial charge >= 0.3 is 18.9 Å². The smallest absolute Gasteiger partial charge is 1.00 e. The molecule has 0 aliphatic heterocycles. The molecule has 0 saturated carbocycles. The second-order valence-electron chi connectivity index (χ2n) is 7.21. The van der Waals surface area contributed by atoms with Crippen molar-refractivity contribution in [2.24, 2.45) is 0 Å². The van der Waals surface area contributed by atoms with Gasteiger partial charge in [0.2, 0.25) is 0 Å². The molecular weight excluding hydrogens is 223 g/mol. The third-order valence-corrected chi connectivity index (χ3v) is 3.49. The van der Waals surface area contributed by atoms with Crippen molar-refractivity contribution in [3.8, 4) is 0 Å². The third-order valence-electron chi connectivity index (χ3n) is 3.49. The van der Waals surface area contributed by atoms with Crippen molar-refractivity contribution >= 4 is 10.8 Å². The van der Waals surface area contributed by atoms with Gasteiger partial charge in [-0.1, -0.05) is 77.9 Å². The molecule has 0 atom stereocenters. The van der Waals surface area contributed by atoms with E-state index in [-0.39, 0.29) is 31.1 Å². The molecule has 2 aromatic carbocycles. The Hall–Kier alpha value is -0.703. The molecule has 98 valence electrons. The van der Waals surface area contributed by atoms with E-state index in [0.717, 1.165) is 0 Å². The van der Waals surface area contributed by atoms with Crippen LogP contribution >= 0.6 is 0 Å². The van der Waals surface area contributed by atoms with E-state index in [1.807, 2.05) is 0 Å². The summed E-state index contributed by atoms with van der Waals surface area (Å²) >= 11 is 0. The summed E-state index contributed by atoms with van der Waals surface area (Å²) in [6.45, 7) is 13.8. The molecule has 0 aliphatic carbocycles. The van der Waals surface area contributed by atoms with Crippen LogP contribution in [0.2, 0.25) is 0 Å². The summed E-state index contributed by atoms with van der Waals surface area (Å²) in [6.07, 6.45) is 0. The third kappa shape index (κ3) is 3.25. The van der Waals surface area contributed by atoms with Gasteiger partial charge in [0.05, 0.1) is 0 Å². The van der Waals surface area contributed by atoms with Crippen molar-refractivity contribution in [2.45, 2.75) is 52.4 Å². The minimum Gasteiger partial charge on any atom is -1.00 e. The SMILES string of the molecule is CC(C)(C)c1ccc2ccccc2c1C(C)(C)C.[H-].[Li+]. The molecule has 19 heavy (non-hydrogen) atoms. The Labute approximate surface area is 131 Å². The molecule has 2 rings (SSSR count). The van der Waals surface area contributed by atoms with Gasteiger partial charge in [-0.15, -0.1) is 0 Å². The summed E-state index contributed by atoms with van der Waals surface area (Å²) in [4.78, 5) is 0. The molecular formula is C18H25Li. The molecule has 1 heteroatoms. The van der Waals surface area contributed by atoms with Crippen LogP contribution < -0.4 is 18.9 Å². The second-order valence-corrected chi connectivity index (χ2v) is 7.21. The van der Waals surface area contributed by atoms with Crippen molar-refractivity contribution in [1.82, 2.24) is 0 Å². The maximum atomic E-state index is 2.31. The molecule has 0 radical (unpaired) electrons. The fourth-order valence-electron chi connectivity index (χ4n) is 2.70. The molecule has 2 aromatic rings. The maximum Gasteiger partial charge on any atom is 1.00 e. The monoisotopic (exact) mass is 248 g/mol. The Morgan fingerprint density at radius 1 is 0.737 bits per heavy atom. The molecule has 0 heterocycles. The predicted molar refractivity (Wildman–Crippen MR) is 82.5 cm³/mol. The van der Waals surface area contributed by atoms with Gasteiger partial charge in [-0.05, 0) is 32.7 Å². The summed E-state index contributed by atoms with van der Waals surface area (Å²) in [5.74, 6) is 0. The van der Waals surface area contributed by atoms with E-state index < -0.39 is 0 Å². The first-order valence-corrected chi connectivity index (χ1v) is 6.74. The molecule has 0 spiro atoms. The van der Waals surface area contributed by atoms with Gasteiger partial charge in [0, 0.05) is 0 Å². The van der Waals surface area contributed by atoms with Crippen LogP contribution in [0.3, 0.4) is 0 Å². The van der Waals surface area contributed by atoms with E-state index in [9.17, 15) is 0 Å². The van der Waals surface area contributed by atoms with Crippen LogP contribution in [0.1, 0.15) is 54.1 Å². The quantitative estimate of drug-likeness (QED) is 0.629. The molecule has 0 aromatic heterocycles. The Morgan fingerprint density at radius 2 is 1.32 bits per heavy atom. The summed E-state index contributed by atoms with van der Waals surface area (Å²) in [7, 11) is 0. The van der Waals surface area contributed by atoms with Gasteiger partial charge in [-0.2, -0.15) is 0 Å².